The number of benzene rings is 1. The summed E-state index contributed by atoms with van der Waals surface area (Å²) in [6, 6.07) is 7.30. The molecule has 4 heteroatoms. The highest BCUT2D eigenvalue weighted by atomic mass is 16.5. The van der Waals surface area contributed by atoms with Crippen LogP contribution >= 0.6 is 0 Å². The van der Waals surface area contributed by atoms with E-state index in [4.69, 9.17) is 0 Å². The maximum absolute atomic E-state index is 11.2. The summed E-state index contributed by atoms with van der Waals surface area (Å²) in [4.78, 5) is 11.2. The highest BCUT2D eigenvalue weighted by molar-refractivity contribution is 5.89. The van der Waals surface area contributed by atoms with E-state index in [9.17, 15) is 9.90 Å². The molecule has 0 fully saturated rings. The molecule has 0 heterocycles. The second-order valence-electron chi connectivity index (χ2n) is 4.22. The molecule has 0 aliphatic heterocycles. The van der Waals surface area contributed by atoms with E-state index in [1.54, 1.807) is 12.1 Å². The summed E-state index contributed by atoms with van der Waals surface area (Å²) in [5.41, 5.74) is 1.66. The molecule has 0 aliphatic carbocycles. The molecule has 2 N–H and O–H groups in total. The van der Waals surface area contributed by atoms with Crippen molar-refractivity contribution in [1.29, 1.82) is 0 Å². The van der Waals surface area contributed by atoms with Crippen LogP contribution in [0, 0.1) is 0 Å². The first-order chi connectivity index (χ1) is 8.67. The molecule has 0 aliphatic rings. The van der Waals surface area contributed by atoms with Crippen molar-refractivity contribution in [2.24, 2.45) is 0 Å². The molecule has 1 rings (SSSR count). The number of aliphatic hydroxyl groups excluding tert-OH is 1. The molecule has 0 radical (unpaired) electrons. The maximum atomic E-state index is 11.2. The van der Waals surface area contributed by atoms with Gasteiger partial charge in [-0.15, -0.1) is 0 Å². The fraction of sp³-hybridized carbons (Fsp3) is 0.500. The Bertz CT molecular complexity index is 362. The van der Waals surface area contributed by atoms with Crippen molar-refractivity contribution in [3.05, 3.63) is 35.4 Å². The van der Waals surface area contributed by atoms with Crippen LogP contribution in [0.25, 0.3) is 0 Å². The Morgan fingerprint density at radius 1 is 1.39 bits per heavy atom. The first-order valence-electron chi connectivity index (χ1n) is 6.23. The molecule has 1 atom stereocenters. The minimum atomic E-state index is -0.319. The zero-order valence-electron chi connectivity index (χ0n) is 11.0. The van der Waals surface area contributed by atoms with Gasteiger partial charge in [-0.1, -0.05) is 19.1 Å². The number of aliphatic hydroxyl groups is 1. The smallest absolute Gasteiger partial charge is 0.337 e. The molecule has 1 unspecified atom stereocenters. The van der Waals surface area contributed by atoms with Gasteiger partial charge in [-0.25, -0.2) is 4.79 Å². The normalized spacial score (nSPS) is 12.2. The van der Waals surface area contributed by atoms with Gasteiger partial charge in [0.1, 0.15) is 0 Å². The summed E-state index contributed by atoms with van der Waals surface area (Å²) < 4.78 is 4.63. The number of esters is 1. The van der Waals surface area contributed by atoms with Crippen molar-refractivity contribution in [2.45, 2.75) is 32.4 Å². The second-order valence-corrected chi connectivity index (χ2v) is 4.22. The van der Waals surface area contributed by atoms with Crippen molar-refractivity contribution < 1.29 is 14.6 Å². The Morgan fingerprint density at radius 3 is 2.61 bits per heavy atom. The van der Waals surface area contributed by atoms with Crippen LogP contribution in [0.4, 0.5) is 0 Å². The standard InChI is InChI=1S/C14H21NO3/c1-3-13(16)8-9-15-10-11-4-6-12(7-5-11)14(17)18-2/h4-7,13,15-16H,3,8-10H2,1-2H3. The first kappa shape index (κ1) is 14.7. The zero-order chi connectivity index (χ0) is 13.4. The number of carbonyl (C=O) groups excluding carboxylic acids is 1. The molecule has 0 saturated heterocycles. The molecule has 1 aromatic rings. The summed E-state index contributed by atoms with van der Waals surface area (Å²) in [5.74, 6) is -0.319. The van der Waals surface area contributed by atoms with Gasteiger partial charge >= 0.3 is 5.97 Å². The Kier molecular flexibility index (Phi) is 6.39. The number of hydrogen-bond donors (Lipinski definition) is 2. The molecule has 0 amide bonds. The van der Waals surface area contributed by atoms with Crippen LogP contribution in [-0.4, -0.2) is 30.8 Å². The monoisotopic (exact) mass is 251 g/mol. The lowest BCUT2D eigenvalue weighted by Crippen LogP contribution is -2.19. The molecule has 4 nitrogen and oxygen atoms in total. The van der Waals surface area contributed by atoms with Gasteiger partial charge < -0.3 is 15.2 Å². The molecule has 0 aromatic heterocycles. The minimum Gasteiger partial charge on any atom is -0.465 e. The summed E-state index contributed by atoms with van der Waals surface area (Å²) >= 11 is 0. The largest absolute Gasteiger partial charge is 0.465 e. The van der Waals surface area contributed by atoms with Gasteiger partial charge in [0.2, 0.25) is 0 Å². The quantitative estimate of drug-likeness (QED) is 0.572. The Hall–Kier alpha value is -1.39. The van der Waals surface area contributed by atoms with E-state index in [1.165, 1.54) is 7.11 Å². The number of carbonyl (C=O) groups is 1. The van der Waals surface area contributed by atoms with Gasteiger partial charge in [-0.3, -0.25) is 0 Å². The lowest BCUT2D eigenvalue weighted by Gasteiger charge is -2.09. The second kappa shape index (κ2) is 7.84. The van der Waals surface area contributed by atoms with Crippen LogP contribution in [0.3, 0.4) is 0 Å². The molecule has 1 aromatic carbocycles. The van der Waals surface area contributed by atoms with Crippen LogP contribution < -0.4 is 5.32 Å². The van der Waals surface area contributed by atoms with Gasteiger partial charge in [0.15, 0.2) is 0 Å². The minimum absolute atomic E-state index is 0.223. The molecule has 0 spiro atoms. The van der Waals surface area contributed by atoms with Crippen LogP contribution in [0.1, 0.15) is 35.7 Å². The predicted molar refractivity (Wildman–Crippen MR) is 70.4 cm³/mol. The summed E-state index contributed by atoms with van der Waals surface area (Å²) in [7, 11) is 1.37. The van der Waals surface area contributed by atoms with Gasteiger partial charge in [0, 0.05) is 6.54 Å². The van der Waals surface area contributed by atoms with Crippen molar-refractivity contribution in [2.75, 3.05) is 13.7 Å². The van der Waals surface area contributed by atoms with Crippen LogP contribution in [0.2, 0.25) is 0 Å². The summed E-state index contributed by atoms with van der Waals surface area (Å²) in [6.07, 6.45) is 1.32. The van der Waals surface area contributed by atoms with Crippen LogP contribution in [0.5, 0.6) is 0 Å². The van der Waals surface area contributed by atoms with Crippen molar-refractivity contribution in [3.8, 4) is 0 Å². The van der Waals surface area contributed by atoms with Crippen LogP contribution in [0.15, 0.2) is 24.3 Å². The number of rotatable bonds is 7. The van der Waals surface area contributed by atoms with E-state index in [0.717, 1.165) is 31.5 Å². The van der Waals surface area contributed by atoms with Crippen LogP contribution in [-0.2, 0) is 11.3 Å². The Morgan fingerprint density at radius 2 is 2.06 bits per heavy atom. The first-order valence-corrected chi connectivity index (χ1v) is 6.23. The average Bonchev–Trinajstić information content (AvgIpc) is 2.43. The molecular formula is C14H21NO3. The lowest BCUT2D eigenvalue weighted by atomic mass is 10.1. The van der Waals surface area contributed by atoms with Gasteiger partial charge in [-0.2, -0.15) is 0 Å². The van der Waals surface area contributed by atoms with Crippen molar-refractivity contribution in [1.82, 2.24) is 5.32 Å². The Balaban J connectivity index is 2.33. The highest BCUT2D eigenvalue weighted by Crippen LogP contribution is 2.05. The number of methoxy groups -OCH3 is 1. The van der Waals surface area contributed by atoms with Gasteiger partial charge in [-0.05, 0) is 37.1 Å². The fourth-order valence-corrected chi connectivity index (χ4v) is 1.58. The topological polar surface area (TPSA) is 58.6 Å². The molecule has 100 valence electrons. The summed E-state index contributed by atoms with van der Waals surface area (Å²) in [6.45, 7) is 3.49. The van der Waals surface area contributed by atoms with E-state index in [0.29, 0.717) is 5.56 Å². The molecule has 0 saturated carbocycles. The lowest BCUT2D eigenvalue weighted by molar-refractivity contribution is 0.0600. The van der Waals surface area contributed by atoms with E-state index in [-0.39, 0.29) is 12.1 Å². The van der Waals surface area contributed by atoms with Crippen molar-refractivity contribution in [3.63, 3.8) is 0 Å². The Labute approximate surface area is 108 Å². The highest BCUT2D eigenvalue weighted by Gasteiger charge is 2.04. The average molecular weight is 251 g/mol. The van der Waals surface area contributed by atoms with E-state index in [1.807, 2.05) is 19.1 Å². The number of hydrogen-bond acceptors (Lipinski definition) is 4. The van der Waals surface area contributed by atoms with E-state index < -0.39 is 0 Å². The molecule has 18 heavy (non-hydrogen) atoms. The third kappa shape index (κ3) is 4.85. The molecule has 0 bridgehead atoms. The zero-order valence-corrected chi connectivity index (χ0v) is 11.0. The SMILES string of the molecule is CCC(O)CCNCc1ccc(C(=O)OC)cc1. The number of ether oxygens (including phenoxy) is 1. The molecular weight excluding hydrogens is 230 g/mol. The third-order valence-corrected chi connectivity index (χ3v) is 2.83. The van der Waals surface area contributed by atoms with Gasteiger partial charge in [0.25, 0.3) is 0 Å². The summed E-state index contributed by atoms with van der Waals surface area (Å²) in [5, 5.41) is 12.6. The third-order valence-electron chi connectivity index (χ3n) is 2.83. The van der Waals surface area contributed by atoms with Crippen molar-refractivity contribution >= 4 is 5.97 Å². The predicted octanol–water partition coefficient (Wildman–Crippen LogP) is 1.72. The fourth-order valence-electron chi connectivity index (χ4n) is 1.58. The van der Waals surface area contributed by atoms with E-state index in [2.05, 4.69) is 10.1 Å². The maximum Gasteiger partial charge on any atom is 0.337 e. The number of nitrogens with one attached hydrogen (secondary N) is 1. The van der Waals surface area contributed by atoms with Gasteiger partial charge in [0.05, 0.1) is 18.8 Å². The van der Waals surface area contributed by atoms with E-state index >= 15 is 0 Å².